The molecule has 2 nitrogen and oxygen atoms in total. The summed E-state index contributed by atoms with van der Waals surface area (Å²) in [6.07, 6.45) is 8.66. The fraction of sp³-hybridized carbons (Fsp3) is 0.727. The molecule has 2 saturated carbocycles. The van der Waals surface area contributed by atoms with Crippen molar-refractivity contribution < 1.29 is 4.79 Å². The Morgan fingerprint density at radius 2 is 2.08 bits per heavy atom. The monoisotopic (exact) mass is 179 g/mol. The Balaban J connectivity index is 2.17. The molecule has 2 aliphatic rings. The van der Waals surface area contributed by atoms with Gasteiger partial charge in [-0.2, -0.15) is 0 Å². The zero-order chi connectivity index (χ0) is 9.47. The summed E-state index contributed by atoms with van der Waals surface area (Å²) in [6, 6.07) is 0. The number of hydrogen-bond donors (Lipinski definition) is 1. The lowest BCUT2D eigenvalue weighted by Gasteiger charge is -2.22. The largest absolute Gasteiger partial charge is 0.366 e. The molecule has 0 aromatic rings. The first-order valence-corrected chi connectivity index (χ1v) is 5.11. The maximum Gasteiger partial charge on any atom is 0.244 e. The molecule has 72 valence electrons. The Hall–Kier alpha value is -0.790. The lowest BCUT2D eigenvalue weighted by Crippen LogP contribution is -2.17. The number of carbonyl (C=O) groups is 1. The van der Waals surface area contributed by atoms with E-state index in [1.807, 2.05) is 6.92 Å². The standard InChI is InChI=1S/C11H17NO/c1-8(10(12)13)6-11-4-2-9(7-11)3-5-11/h6,9H,2-5,7H2,1H3,(H2,12,13)/b8-6+. The summed E-state index contributed by atoms with van der Waals surface area (Å²) in [5, 5.41) is 0. The quantitative estimate of drug-likeness (QED) is 0.647. The van der Waals surface area contributed by atoms with Crippen LogP contribution in [0.15, 0.2) is 11.6 Å². The molecule has 0 aliphatic heterocycles. The van der Waals surface area contributed by atoms with Crippen LogP contribution >= 0.6 is 0 Å². The van der Waals surface area contributed by atoms with Gasteiger partial charge < -0.3 is 5.73 Å². The maximum atomic E-state index is 10.9. The van der Waals surface area contributed by atoms with Gasteiger partial charge in [0.1, 0.15) is 0 Å². The van der Waals surface area contributed by atoms with Crippen molar-refractivity contribution in [2.45, 2.75) is 39.0 Å². The number of primary amides is 1. The van der Waals surface area contributed by atoms with E-state index in [-0.39, 0.29) is 5.91 Å². The molecule has 2 heteroatoms. The predicted octanol–water partition coefficient (Wildman–Crippen LogP) is 2.00. The van der Waals surface area contributed by atoms with Crippen LogP contribution in [0.3, 0.4) is 0 Å². The van der Waals surface area contributed by atoms with E-state index < -0.39 is 0 Å². The van der Waals surface area contributed by atoms with Gasteiger partial charge in [0.25, 0.3) is 0 Å². The molecule has 0 unspecified atom stereocenters. The van der Waals surface area contributed by atoms with Crippen molar-refractivity contribution in [2.75, 3.05) is 0 Å². The van der Waals surface area contributed by atoms with E-state index in [0.717, 1.165) is 11.5 Å². The minimum atomic E-state index is -0.260. The van der Waals surface area contributed by atoms with Gasteiger partial charge in [-0.1, -0.05) is 6.08 Å². The lowest BCUT2D eigenvalue weighted by atomic mass is 9.83. The minimum absolute atomic E-state index is 0.260. The molecule has 0 saturated heterocycles. The molecule has 2 fully saturated rings. The van der Waals surface area contributed by atoms with Gasteiger partial charge in [0.2, 0.25) is 5.91 Å². The highest BCUT2D eigenvalue weighted by atomic mass is 16.1. The molecular weight excluding hydrogens is 162 g/mol. The second kappa shape index (κ2) is 2.86. The summed E-state index contributed by atoms with van der Waals surface area (Å²) >= 11 is 0. The van der Waals surface area contributed by atoms with Crippen LogP contribution in [0.25, 0.3) is 0 Å². The molecule has 2 rings (SSSR count). The Kier molecular flexibility index (Phi) is 1.94. The Morgan fingerprint density at radius 3 is 2.46 bits per heavy atom. The zero-order valence-corrected chi connectivity index (χ0v) is 8.18. The fourth-order valence-electron chi connectivity index (χ4n) is 2.97. The van der Waals surface area contributed by atoms with Crippen molar-refractivity contribution in [3.63, 3.8) is 0 Å². The molecule has 0 spiro atoms. The van der Waals surface area contributed by atoms with Crippen LogP contribution in [-0.4, -0.2) is 5.91 Å². The number of hydrogen-bond acceptors (Lipinski definition) is 1. The first-order valence-electron chi connectivity index (χ1n) is 5.11. The van der Waals surface area contributed by atoms with E-state index in [1.165, 1.54) is 32.1 Å². The van der Waals surface area contributed by atoms with Crippen LogP contribution in [0.4, 0.5) is 0 Å². The van der Waals surface area contributed by atoms with Gasteiger partial charge in [-0.25, -0.2) is 0 Å². The molecule has 1 amide bonds. The summed E-state index contributed by atoms with van der Waals surface area (Å²) in [5.74, 6) is 0.668. The number of nitrogens with two attached hydrogens (primary N) is 1. The van der Waals surface area contributed by atoms with Crippen LogP contribution in [0.2, 0.25) is 0 Å². The third-order valence-corrected chi connectivity index (χ3v) is 3.71. The van der Waals surface area contributed by atoms with Gasteiger partial charge in [0.15, 0.2) is 0 Å². The number of amides is 1. The first kappa shape index (κ1) is 8.79. The average Bonchev–Trinajstić information content (AvgIpc) is 2.62. The molecule has 2 bridgehead atoms. The first-order chi connectivity index (χ1) is 6.11. The highest BCUT2D eigenvalue weighted by molar-refractivity contribution is 5.91. The smallest absolute Gasteiger partial charge is 0.244 e. The normalized spacial score (nSPS) is 38.2. The van der Waals surface area contributed by atoms with E-state index >= 15 is 0 Å². The zero-order valence-electron chi connectivity index (χ0n) is 8.18. The summed E-state index contributed by atoms with van der Waals surface area (Å²) < 4.78 is 0. The predicted molar refractivity (Wildman–Crippen MR) is 52.0 cm³/mol. The maximum absolute atomic E-state index is 10.9. The number of fused-ring (bicyclic) bond motifs is 2. The van der Waals surface area contributed by atoms with Gasteiger partial charge in [0.05, 0.1) is 0 Å². The molecule has 0 heterocycles. The van der Waals surface area contributed by atoms with Crippen LogP contribution in [0.5, 0.6) is 0 Å². The second-order valence-electron chi connectivity index (χ2n) is 4.70. The minimum Gasteiger partial charge on any atom is -0.366 e. The third kappa shape index (κ3) is 1.50. The van der Waals surface area contributed by atoms with Crippen LogP contribution in [0, 0.1) is 11.3 Å². The summed E-state index contributed by atoms with van der Waals surface area (Å²) in [5.41, 5.74) is 6.34. The molecule has 0 aromatic heterocycles. The van der Waals surface area contributed by atoms with E-state index in [2.05, 4.69) is 6.08 Å². The van der Waals surface area contributed by atoms with Crippen molar-refractivity contribution in [1.29, 1.82) is 0 Å². The Morgan fingerprint density at radius 1 is 1.46 bits per heavy atom. The average molecular weight is 179 g/mol. The SMILES string of the molecule is C/C(=C\C12CCC(CC1)C2)C(N)=O. The van der Waals surface area contributed by atoms with E-state index in [1.54, 1.807) is 0 Å². The fourth-order valence-corrected chi connectivity index (χ4v) is 2.97. The van der Waals surface area contributed by atoms with Gasteiger partial charge in [-0.15, -0.1) is 0 Å². The summed E-state index contributed by atoms with van der Waals surface area (Å²) in [4.78, 5) is 10.9. The summed E-state index contributed by atoms with van der Waals surface area (Å²) in [6.45, 7) is 1.84. The number of carbonyl (C=O) groups excluding carboxylic acids is 1. The highest BCUT2D eigenvalue weighted by Gasteiger charge is 2.43. The van der Waals surface area contributed by atoms with Crippen molar-refractivity contribution in [1.82, 2.24) is 0 Å². The number of rotatable bonds is 2. The molecule has 0 atom stereocenters. The van der Waals surface area contributed by atoms with Gasteiger partial charge in [-0.3, -0.25) is 4.79 Å². The van der Waals surface area contributed by atoms with Crippen LogP contribution < -0.4 is 5.73 Å². The van der Waals surface area contributed by atoms with Crippen LogP contribution in [0.1, 0.15) is 39.0 Å². The molecule has 13 heavy (non-hydrogen) atoms. The molecular formula is C11H17NO. The molecule has 2 aliphatic carbocycles. The Labute approximate surface area is 79.2 Å². The Bertz CT molecular complexity index is 259. The second-order valence-corrected chi connectivity index (χ2v) is 4.70. The molecule has 2 N–H and O–H groups in total. The van der Waals surface area contributed by atoms with Gasteiger partial charge in [0, 0.05) is 5.57 Å². The van der Waals surface area contributed by atoms with Gasteiger partial charge in [-0.05, 0) is 50.4 Å². The molecule has 0 radical (unpaired) electrons. The van der Waals surface area contributed by atoms with Gasteiger partial charge >= 0.3 is 0 Å². The van der Waals surface area contributed by atoms with Crippen molar-refractivity contribution in [2.24, 2.45) is 17.1 Å². The topological polar surface area (TPSA) is 43.1 Å². The highest BCUT2D eigenvalue weighted by Crippen LogP contribution is 2.55. The van der Waals surface area contributed by atoms with E-state index in [4.69, 9.17) is 5.73 Å². The number of allylic oxidation sites excluding steroid dienone is 1. The van der Waals surface area contributed by atoms with E-state index in [9.17, 15) is 4.79 Å². The lowest BCUT2D eigenvalue weighted by molar-refractivity contribution is -0.114. The van der Waals surface area contributed by atoms with E-state index in [0.29, 0.717) is 5.41 Å². The van der Waals surface area contributed by atoms with Crippen molar-refractivity contribution in [3.8, 4) is 0 Å². The molecule has 0 aromatic carbocycles. The van der Waals surface area contributed by atoms with Crippen molar-refractivity contribution in [3.05, 3.63) is 11.6 Å². The summed E-state index contributed by atoms with van der Waals surface area (Å²) in [7, 11) is 0. The van der Waals surface area contributed by atoms with Crippen LogP contribution in [-0.2, 0) is 4.79 Å². The third-order valence-electron chi connectivity index (χ3n) is 3.71. The van der Waals surface area contributed by atoms with Crippen molar-refractivity contribution >= 4 is 5.91 Å².